The van der Waals surface area contributed by atoms with Gasteiger partial charge in [-0.2, -0.15) is 0 Å². The number of fused-ring (bicyclic) bond motifs is 3. The van der Waals surface area contributed by atoms with Crippen LogP contribution in [0.3, 0.4) is 0 Å². The van der Waals surface area contributed by atoms with Crippen molar-refractivity contribution in [2.45, 2.75) is 32.7 Å². The van der Waals surface area contributed by atoms with Crippen LogP contribution in [0.2, 0.25) is 0 Å². The quantitative estimate of drug-likeness (QED) is 0.816. The summed E-state index contributed by atoms with van der Waals surface area (Å²) in [5.41, 5.74) is 10.2. The maximum Gasteiger partial charge on any atom is 0.0460 e. The third-order valence-electron chi connectivity index (χ3n) is 4.24. The molecule has 2 aromatic rings. The molecule has 3 N–H and O–H groups in total. The Morgan fingerprint density at radius 1 is 1.39 bits per heavy atom. The van der Waals surface area contributed by atoms with E-state index < -0.39 is 0 Å². The number of H-pyrrole nitrogens is 1. The van der Waals surface area contributed by atoms with Crippen molar-refractivity contribution in [3.05, 3.63) is 33.9 Å². The number of aromatic amines is 1. The summed E-state index contributed by atoms with van der Waals surface area (Å²) in [6.45, 7) is 4.60. The molecule has 0 radical (unpaired) electrons. The molecule has 0 amide bonds. The van der Waals surface area contributed by atoms with Crippen LogP contribution in [-0.4, -0.2) is 4.98 Å². The van der Waals surface area contributed by atoms with E-state index in [9.17, 15) is 0 Å². The van der Waals surface area contributed by atoms with Crippen LogP contribution in [0.5, 0.6) is 0 Å². The summed E-state index contributed by atoms with van der Waals surface area (Å²) >= 11 is 3.56. The van der Waals surface area contributed by atoms with Crippen LogP contribution in [0.25, 0.3) is 10.9 Å². The van der Waals surface area contributed by atoms with Gasteiger partial charge >= 0.3 is 0 Å². The van der Waals surface area contributed by atoms with E-state index in [0.717, 1.165) is 17.3 Å². The highest BCUT2D eigenvalue weighted by atomic mass is 79.9. The minimum Gasteiger partial charge on any atom is -0.357 e. The van der Waals surface area contributed by atoms with Crippen molar-refractivity contribution in [3.63, 3.8) is 0 Å². The van der Waals surface area contributed by atoms with Gasteiger partial charge in [-0.1, -0.05) is 29.8 Å². The summed E-state index contributed by atoms with van der Waals surface area (Å²) in [6, 6.07) is 6.58. The largest absolute Gasteiger partial charge is 0.357 e. The number of aromatic nitrogens is 1. The summed E-state index contributed by atoms with van der Waals surface area (Å²) in [4.78, 5) is 3.51. The lowest BCUT2D eigenvalue weighted by Crippen LogP contribution is -2.26. The van der Waals surface area contributed by atoms with Gasteiger partial charge in [-0.3, -0.25) is 0 Å². The van der Waals surface area contributed by atoms with E-state index in [4.69, 9.17) is 5.73 Å². The molecule has 2 atom stereocenters. The van der Waals surface area contributed by atoms with Crippen molar-refractivity contribution < 1.29 is 0 Å². The summed E-state index contributed by atoms with van der Waals surface area (Å²) in [6.07, 6.45) is 2.25. The molecule has 1 aromatic heterocycles. The molecule has 2 unspecified atom stereocenters. The second kappa shape index (κ2) is 4.39. The average molecular weight is 307 g/mol. The van der Waals surface area contributed by atoms with Crippen LogP contribution in [-0.2, 0) is 6.42 Å². The minimum absolute atomic E-state index is 0.160. The van der Waals surface area contributed by atoms with E-state index >= 15 is 0 Å². The van der Waals surface area contributed by atoms with Crippen LogP contribution in [0, 0.1) is 11.8 Å². The third kappa shape index (κ3) is 1.90. The summed E-state index contributed by atoms with van der Waals surface area (Å²) in [7, 11) is 0. The molecule has 1 aliphatic carbocycles. The standard InChI is InChI=1S/C15H19BrN2/c1-8(2)9-5-12-11-7-10(16)3-4-14(11)18-15(12)13(17)6-9/h3-4,7-9,13,18H,5-6,17H2,1-2H3. The van der Waals surface area contributed by atoms with Gasteiger partial charge in [0.25, 0.3) is 0 Å². The van der Waals surface area contributed by atoms with E-state index in [2.05, 4.69) is 53.0 Å². The Bertz CT molecular complexity index is 585. The van der Waals surface area contributed by atoms with Gasteiger partial charge in [-0.25, -0.2) is 0 Å². The normalized spacial score (nSPS) is 23.6. The molecule has 0 saturated carbocycles. The average Bonchev–Trinajstić information content (AvgIpc) is 2.68. The van der Waals surface area contributed by atoms with Crippen molar-refractivity contribution in [1.82, 2.24) is 4.98 Å². The predicted molar refractivity (Wildman–Crippen MR) is 79.6 cm³/mol. The smallest absolute Gasteiger partial charge is 0.0460 e. The van der Waals surface area contributed by atoms with Gasteiger partial charge in [0.2, 0.25) is 0 Å². The highest BCUT2D eigenvalue weighted by molar-refractivity contribution is 9.10. The minimum atomic E-state index is 0.160. The lowest BCUT2D eigenvalue weighted by molar-refractivity contribution is 0.313. The van der Waals surface area contributed by atoms with Gasteiger partial charge in [0.15, 0.2) is 0 Å². The number of rotatable bonds is 1. The lowest BCUT2D eigenvalue weighted by atomic mass is 9.78. The molecule has 3 rings (SSSR count). The first kappa shape index (κ1) is 12.2. The Labute approximate surface area is 116 Å². The Morgan fingerprint density at radius 2 is 2.17 bits per heavy atom. The number of hydrogen-bond donors (Lipinski definition) is 2. The molecule has 2 nitrogen and oxygen atoms in total. The molecule has 96 valence electrons. The predicted octanol–water partition coefficient (Wildman–Crippen LogP) is 4.15. The van der Waals surface area contributed by atoms with Crippen molar-refractivity contribution >= 4 is 26.8 Å². The Hall–Kier alpha value is -0.800. The molecule has 18 heavy (non-hydrogen) atoms. The second-order valence-electron chi connectivity index (χ2n) is 5.76. The van der Waals surface area contributed by atoms with Gasteiger partial charge in [0.1, 0.15) is 0 Å². The Balaban J connectivity index is 2.15. The maximum atomic E-state index is 6.33. The SMILES string of the molecule is CC(C)C1Cc2c([nH]c3ccc(Br)cc23)C(N)C1. The van der Waals surface area contributed by atoms with Gasteiger partial charge in [-0.15, -0.1) is 0 Å². The van der Waals surface area contributed by atoms with Crippen molar-refractivity contribution in [2.75, 3.05) is 0 Å². The van der Waals surface area contributed by atoms with Crippen LogP contribution in [0.1, 0.15) is 37.6 Å². The number of halogens is 1. The first-order valence-electron chi connectivity index (χ1n) is 6.62. The Kier molecular flexibility index (Phi) is 2.99. The highest BCUT2D eigenvalue weighted by Gasteiger charge is 2.29. The van der Waals surface area contributed by atoms with Crippen molar-refractivity contribution in [3.8, 4) is 0 Å². The Morgan fingerprint density at radius 3 is 2.89 bits per heavy atom. The molecule has 0 spiro atoms. The van der Waals surface area contributed by atoms with E-state index in [1.807, 2.05) is 0 Å². The number of hydrogen-bond acceptors (Lipinski definition) is 1. The first-order valence-corrected chi connectivity index (χ1v) is 7.41. The highest BCUT2D eigenvalue weighted by Crippen LogP contribution is 2.39. The van der Waals surface area contributed by atoms with E-state index in [1.54, 1.807) is 0 Å². The van der Waals surface area contributed by atoms with E-state index in [-0.39, 0.29) is 6.04 Å². The monoisotopic (exact) mass is 306 g/mol. The molecule has 0 saturated heterocycles. The van der Waals surface area contributed by atoms with E-state index in [1.165, 1.54) is 22.2 Å². The molecular weight excluding hydrogens is 288 g/mol. The number of nitrogens with two attached hydrogens (primary N) is 1. The van der Waals surface area contributed by atoms with Gasteiger partial charge in [0.05, 0.1) is 0 Å². The lowest BCUT2D eigenvalue weighted by Gasteiger charge is -2.29. The summed E-state index contributed by atoms with van der Waals surface area (Å²) < 4.78 is 1.14. The zero-order valence-electron chi connectivity index (χ0n) is 10.8. The second-order valence-corrected chi connectivity index (χ2v) is 6.67. The molecule has 0 aliphatic heterocycles. The summed E-state index contributed by atoms with van der Waals surface area (Å²) in [5, 5.41) is 1.33. The fourth-order valence-electron chi connectivity index (χ4n) is 3.07. The topological polar surface area (TPSA) is 41.8 Å². The van der Waals surface area contributed by atoms with Gasteiger partial charge in [0, 0.05) is 27.1 Å². The van der Waals surface area contributed by atoms with Crippen molar-refractivity contribution in [1.29, 1.82) is 0 Å². The van der Waals surface area contributed by atoms with Crippen LogP contribution >= 0.6 is 15.9 Å². The van der Waals surface area contributed by atoms with E-state index in [0.29, 0.717) is 11.8 Å². The van der Waals surface area contributed by atoms with Crippen molar-refractivity contribution in [2.24, 2.45) is 17.6 Å². The van der Waals surface area contributed by atoms with Crippen LogP contribution in [0.4, 0.5) is 0 Å². The first-order chi connectivity index (χ1) is 8.56. The van der Waals surface area contributed by atoms with Crippen LogP contribution in [0.15, 0.2) is 22.7 Å². The zero-order valence-corrected chi connectivity index (χ0v) is 12.4. The number of benzene rings is 1. The van der Waals surface area contributed by atoms with Gasteiger partial charge in [-0.05, 0) is 48.4 Å². The molecule has 1 aliphatic rings. The molecule has 0 fully saturated rings. The number of nitrogens with one attached hydrogen (secondary N) is 1. The van der Waals surface area contributed by atoms with Crippen LogP contribution < -0.4 is 5.73 Å². The molecule has 1 aromatic carbocycles. The third-order valence-corrected chi connectivity index (χ3v) is 4.73. The fourth-order valence-corrected chi connectivity index (χ4v) is 3.44. The fraction of sp³-hybridized carbons (Fsp3) is 0.467. The molecular formula is C15H19BrN2. The maximum absolute atomic E-state index is 6.33. The zero-order chi connectivity index (χ0) is 12.9. The summed E-state index contributed by atoms with van der Waals surface area (Å²) in [5.74, 6) is 1.40. The molecule has 3 heteroatoms. The molecule has 1 heterocycles. The van der Waals surface area contributed by atoms with Gasteiger partial charge < -0.3 is 10.7 Å². The molecule has 0 bridgehead atoms.